The van der Waals surface area contributed by atoms with Gasteiger partial charge in [-0.1, -0.05) is 0 Å². The van der Waals surface area contributed by atoms with E-state index in [4.69, 9.17) is 15.2 Å². The summed E-state index contributed by atoms with van der Waals surface area (Å²) in [4.78, 5) is 12.3. The number of hydrogen-bond donors (Lipinski definition) is 1. The molecule has 0 fully saturated rings. The van der Waals surface area contributed by atoms with Gasteiger partial charge >= 0.3 is 0 Å². The minimum Gasteiger partial charge on any atom is -0.493 e. The predicted octanol–water partition coefficient (Wildman–Crippen LogP) is 2.80. The monoisotopic (exact) mass is 293 g/mol. The normalized spacial score (nSPS) is 10.3. The zero-order chi connectivity index (χ0) is 15.6. The fraction of sp³-hybridized carbons (Fsp3) is 0.133. The standard InChI is InChI=1S/C15H13F2NO3/c1-20-13-4-3-8(5-14(13)21-2)15(19)9-6-12(18)11(17)7-10(9)16/h3-7H,18H2,1-2H3. The highest BCUT2D eigenvalue weighted by Crippen LogP contribution is 2.29. The van der Waals surface area contributed by atoms with Crippen molar-refractivity contribution in [3.05, 3.63) is 53.1 Å². The highest BCUT2D eigenvalue weighted by molar-refractivity contribution is 6.09. The van der Waals surface area contributed by atoms with Gasteiger partial charge in [0.25, 0.3) is 0 Å². The molecule has 6 heteroatoms. The summed E-state index contributed by atoms with van der Waals surface area (Å²) in [6.07, 6.45) is 0. The van der Waals surface area contributed by atoms with E-state index in [1.54, 1.807) is 0 Å². The summed E-state index contributed by atoms with van der Waals surface area (Å²) in [7, 11) is 2.88. The topological polar surface area (TPSA) is 61.5 Å². The number of carbonyl (C=O) groups excluding carboxylic acids is 1. The van der Waals surface area contributed by atoms with Gasteiger partial charge in [-0.05, 0) is 24.3 Å². The van der Waals surface area contributed by atoms with Crippen LogP contribution < -0.4 is 15.2 Å². The molecule has 2 N–H and O–H groups in total. The summed E-state index contributed by atoms with van der Waals surface area (Å²) < 4.78 is 37.0. The minimum atomic E-state index is -0.971. The first kappa shape index (κ1) is 14.8. The van der Waals surface area contributed by atoms with Gasteiger partial charge in [0, 0.05) is 11.6 Å². The average Bonchev–Trinajstić information content (AvgIpc) is 2.49. The Balaban J connectivity index is 2.47. The molecule has 0 aromatic heterocycles. The van der Waals surface area contributed by atoms with Crippen molar-refractivity contribution in [1.29, 1.82) is 0 Å². The molecule has 2 rings (SSSR count). The maximum Gasteiger partial charge on any atom is 0.196 e. The van der Waals surface area contributed by atoms with Gasteiger partial charge in [-0.2, -0.15) is 0 Å². The van der Waals surface area contributed by atoms with Crippen LogP contribution in [0.3, 0.4) is 0 Å². The molecule has 0 saturated heterocycles. The number of anilines is 1. The van der Waals surface area contributed by atoms with E-state index in [0.29, 0.717) is 17.6 Å². The lowest BCUT2D eigenvalue weighted by molar-refractivity contribution is 0.103. The molecule has 0 saturated carbocycles. The van der Waals surface area contributed by atoms with Crippen LogP contribution >= 0.6 is 0 Å². The molecule has 2 aromatic rings. The zero-order valence-electron chi connectivity index (χ0n) is 11.4. The van der Waals surface area contributed by atoms with Gasteiger partial charge in [-0.3, -0.25) is 4.79 Å². The molecule has 0 heterocycles. The van der Waals surface area contributed by atoms with Gasteiger partial charge in [0.1, 0.15) is 11.6 Å². The van der Waals surface area contributed by atoms with Gasteiger partial charge in [0.15, 0.2) is 17.3 Å². The molecule has 21 heavy (non-hydrogen) atoms. The minimum absolute atomic E-state index is 0.178. The summed E-state index contributed by atoms with van der Waals surface area (Å²) in [5.41, 5.74) is 4.95. The van der Waals surface area contributed by atoms with Gasteiger partial charge in [-0.15, -0.1) is 0 Å². The van der Waals surface area contributed by atoms with Crippen LogP contribution in [0.1, 0.15) is 15.9 Å². The molecule has 0 amide bonds. The van der Waals surface area contributed by atoms with Crippen LogP contribution in [-0.4, -0.2) is 20.0 Å². The Morgan fingerprint density at radius 3 is 2.29 bits per heavy atom. The van der Waals surface area contributed by atoms with E-state index < -0.39 is 17.4 Å². The zero-order valence-corrected chi connectivity index (χ0v) is 11.4. The van der Waals surface area contributed by atoms with Gasteiger partial charge in [-0.25, -0.2) is 8.78 Å². The van der Waals surface area contributed by atoms with Crippen molar-refractivity contribution in [1.82, 2.24) is 0 Å². The Bertz CT molecular complexity index is 702. The number of halogens is 2. The van der Waals surface area contributed by atoms with E-state index >= 15 is 0 Å². The van der Waals surface area contributed by atoms with E-state index in [9.17, 15) is 13.6 Å². The molecule has 2 aromatic carbocycles. The number of methoxy groups -OCH3 is 2. The molecule has 0 unspecified atom stereocenters. The van der Waals surface area contributed by atoms with E-state index in [-0.39, 0.29) is 16.8 Å². The summed E-state index contributed by atoms with van der Waals surface area (Å²) in [6, 6.07) is 5.96. The number of ketones is 1. The van der Waals surface area contributed by atoms with Crippen molar-refractivity contribution in [3.63, 3.8) is 0 Å². The molecule has 0 spiro atoms. The first-order valence-corrected chi connectivity index (χ1v) is 5.99. The molecule has 0 aliphatic rings. The number of nitrogen functional groups attached to an aromatic ring is 1. The second-order valence-electron chi connectivity index (χ2n) is 4.25. The van der Waals surface area contributed by atoms with Crippen LogP contribution in [0, 0.1) is 11.6 Å². The van der Waals surface area contributed by atoms with E-state index in [1.807, 2.05) is 0 Å². The maximum atomic E-state index is 13.7. The molecule has 110 valence electrons. The van der Waals surface area contributed by atoms with Gasteiger partial charge < -0.3 is 15.2 Å². The Kier molecular flexibility index (Phi) is 4.07. The van der Waals surface area contributed by atoms with Crippen LogP contribution in [-0.2, 0) is 0 Å². The number of nitrogens with two attached hydrogens (primary N) is 1. The third kappa shape index (κ3) is 2.79. The second kappa shape index (κ2) is 5.78. The van der Waals surface area contributed by atoms with E-state index in [2.05, 4.69) is 0 Å². The Morgan fingerprint density at radius 1 is 1.00 bits per heavy atom. The fourth-order valence-electron chi connectivity index (χ4n) is 1.87. The second-order valence-corrected chi connectivity index (χ2v) is 4.25. The smallest absolute Gasteiger partial charge is 0.196 e. The SMILES string of the molecule is COc1ccc(C(=O)c2cc(N)c(F)cc2F)cc1OC. The highest BCUT2D eigenvalue weighted by Gasteiger charge is 2.18. The van der Waals surface area contributed by atoms with Crippen LogP contribution in [0.4, 0.5) is 14.5 Å². The first-order valence-electron chi connectivity index (χ1n) is 5.99. The number of rotatable bonds is 4. The van der Waals surface area contributed by atoms with E-state index in [0.717, 1.165) is 6.07 Å². The molecule has 0 aliphatic carbocycles. The van der Waals surface area contributed by atoms with Crippen molar-refractivity contribution in [2.24, 2.45) is 0 Å². The van der Waals surface area contributed by atoms with Crippen LogP contribution in [0.2, 0.25) is 0 Å². The lowest BCUT2D eigenvalue weighted by Gasteiger charge is -2.10. The number of benzene rings is 2. The van der Waals surface area contributed by atoms with Crippen molar-refractivity contribution in [2.45, 2.75) is 0 Å². The average molecular weight is 293 g/mol. The largest absolute Gasteiger partial charge is 0.493 e. The number of hydrogen-bond acceptors (Lipinski definition) is 4. The molecular weight excluding hydrogens is 280 g/mol. The maximum absolute atomic E-state index is 13.7. The quantitative estimate of drug-likeness (QED) is 0.695. The van der Waals surface area contributed by atoms with Crippen LogP contribution in [0.15, 0.2) is 30.3 Å². The van der Waals surface area contributed by atoms with Gasteiger partial charge in [0.2, 0.25) is 0 Å². The Hall–Kier alpha value is -2.63. The van der Waals surface area contributed by atoms with Crippen molar-refractivity contribution >= 4 is 11.5 Å². The van der Waals surface area contributed by atoms with Crippen LogP contribution in [0.25, 0.3) is 0 Å². The van der Waals surface area contributed by atoms with Crippen molar-refractivity contribution < 1.29 is 23.0 Å². The first-order chi connectivity index (χ1) is 9.97. The molecule has 0 bridgehead atoms. The molecule has 0 atom stereocenters. The van der Waals surface area contributed by atoms with E-state index in [1.165, 1.54) is 32.4 Å². The van der Waals surface area contributed by atoms with Crippen LogP contribution in [0.5, 0.6) is 11.5 Å². The summed E-state index contributed by atoms with van der Waals surface area (Å²) in [5.74, 6) is -1.73. The summed E-state index contributed by atoms with van der Waals surface area (Å²) in [6.45, 7) is 0. The number of carbonyl (C=O) groups is 1. The predicted molar refractivity (Wildman–Crippen MR) is 73.7 cm³/mol. The third-order valence-corrected chi connectivity index (χ3v) is 2.98. The fourth-order valence-corrected chi connectivity index (χ4v) is 1.87. The molecule has 4 nitrogen and oxygen atoms in total. The van der Waals surface area contributed by atoms with Gasteiger partial charge in [0.05, 0.1) is 25.5 Å². The summed E-state index contributed by atoms with van der Waals surface area (Å²) >= 11 is 0. The Labute approximate surface area is 120 Å². The Morgan fingerprint density at radius 2 is 1.67 bits per heavy atom. The van der Waals surface area contributed by atoms with Crippen molar-refractivity contribution in [3.8, 4) is 11.5 Å². The molecule has 0 radical (unpaired) electrons. The summed E-state index contributed by atoms with van der Waals surface area (Å²) in [5, 5.41) is 0. The lowest BCUT2D eigenvalue weighted by Crippen LogP contribution is -2.07. The van der Waals surface area contributed by atoms with Crippen molar-refractivity contribution in [2.75, 3.05) is 20.0 Å². The molecule has 0 aliphatic heterocycles. The third-order valence-electron chi connectivity index (χ3n) is 2.98. The highest BCUT2D eigenvalue weighted by atomic mass is 19.1. The lowest BCUT2D eigenvalue weighted by atomic mass is 10.0. The number of ether oxygens (including phenoxy) is 2. The molecular formula is C15H13F2NO3.